The number of Topliss-reactive ketones (excluding diaryl/α,β-unsaturated/α-hetero) is 1. The number of hydrogen-bond donors (Lipinski definition) is 6. The number of nitrogens with zero attached hydrogens (tertiary/aromatic N) is 2. The summed E-state index contributed by atoms with van der Waals surface area (Å²) in [4.78, 5) is 29.8. The van der Waals surface area contributed by atoms with Gasteiger partial charge >= 0.3 is 0 Å². The van der Waals surface area contributed by atoms with E-state index in [4.69, 9.17) is 10.2 Å². The van der Waals surface area contributed by atoms with Crippen LogP contribution in [-0.2, 0) is 17.8 Å². The fourth-order valence-corrected chi connectivity index (χ4v) is 7.75. The van der Waals surface area contributed by atoms with Crippen LogP contribution in [0.3, 0.4) is 0 Å². The number of aliphatic hydroxyl groups is 4. The predicted molar refractivity (Wildman–Crippen MR) is 152 cm³/mol. The van der Waals surface area contributed by atoms with Crippen molar-refractivity contribution in [2.24, 2.45) is 23.5 Å². The highest BCUT2D eigenvalue weighted by Gasteiger charge is 2.60. The number of benzene rings is 1. The Morgan fingerprint density at radius 1 is 1.11 bits per heavy atom. The molecule has 11 nitrogen and oxygen atoms in total. The molecule has 44 heavy (non-hydrogen) atoms. The minimum absolute atomic E-state index is 0.0753. The van der Waals surface area contributed by atoms with Gasteiger partial charge in [0.25, 0.3) is 11.8 Å². The highest BCUT2D eigenvalue weighted by atomic mass is 19.3. The number of hydrogen-bond acceptors (Lipinski definition) is 10. The van der Waals surface area contributed by atoms with Crippen molar-refractivity contribution in [3.05, 3.63) is 63.8 Å². The standard InChI is InChI=1S/C31H35F2N3O8/c1-35(2)24-18-12-15-11-17-16(28-14(5-10-44-28)13-36-8-6-30(32,33)7-9-36)3-4-19(37)21(17)25(38)20(15)26(39)22(18)31(42,43)23(27(24)40)29(34)41/h3-5,10,15,18,22,24,37,39-40,42-43H,6-9,11-13H2,1-2H3,(H2,34,41)/t15-,18?,22?,24-/m0/s1. The Bertz CT molecular complexity index is 1600. The number of aliphatic hydroxyl groups excluding tert-OH is 2. The number of furan rings is 1. The van der Waals surface area contributed by atoms with Crippen LogP contribution in [0.25, 0.3) is 11.3 Å². The zero-order chi connectivity index (χ0) is 31.9. The van der Waals surface area contributed by atoms with Crippen LogP contribution in [0.1, 0.15) is 40.7 Å². The van der Waals surface area contributed by atoms with Gasteiger partial charge in [0.2, 0.25) is 5.79 Å². The summed E-state index contributed by atoms with van der Waals surface area (Å²) < 4.78 is 33.3. The quantitative estimate of drug-likeness (QED) is 0.274. The van der Waals surface area contributed by atoms with Gasteiger partial charge < -0.3 is 35.7 Å². The van der Waals surface area contributed by atoms with Crippen molar-refractivity contribution in [2.45, 2.75) is 50.0 Å². The van der Waals surface area contributed by atoms with E-state index in [0.29, 0.717) is 23.4 Å². The summed E-state index contributed by atoms with van der Waals surface area (Å²) in [7, 11) is 3.24. The molecular weight excluding hydrogens is 580 g/mol. The fraction of sp³-hybridized carbons (Fsp3) is 0.484. The lowest BCUT2D eigenvalue weighted by atomic mass is 9.59. The van der Waals surface area contributed by atoms with E-state index in [1.165, 1.54) is 12.3 Å². The molecule has 0 saturated carbocycles. The smallest absolute Gasteiger partial charge is 0.253 e. The number of allylic oxidation sites excluding steroid dienone is 1. The third kappa shape index (κ3) is 4.61. The average molecular weight is 616 g/mol. The minimum atomic E-state index is -3.07. The Balaban J connectivity index is 1.42. The first kappa shape index (κ1) is 30.3. The Morgan fingerprint density at radius 2 is 1.80 bits per heavy atom. The van der Waals surface area contributed by atoms with E-state index in [9.17, 15) is 43.9 Å². The maximum absolute atomic E-state index is 14.0. The summed E-state index contributed by atoms with van der Waals surface area (Å²) >= 11 is 0. The second kappa shape index (κ2) is 10.4. The number of fused-ring (bicyclic) bond motifs is 3. The molecule has 2 unspecified atom stereocenters. The van der Waals surface area contributed by atoms with Gasteiger partial charge in [-0.15, -0.1) is 0 Å². The molecule has 1 aliphatic heterocycles. The van der Waals surface area contributed by atoms with E-state index in [-0.39, 0.29) is 55.7 Å². The summed E-state index contributed by atoms with van der Waals surface area (Å²) in [6.07, 6.45) is 1.26. The molecule has 2 aromatic rings. The monoisotopic (exact) mass is 615 g/mol. The van der Waals surface area contributed by atoms with Gasteiger partial charge in [-0.25, -0.2) is 8.78 Å². The number of alkyl halides is 2. The van der Waals surface area contributed by atoms with Crippen LogP contribution < -0.4 is 5.73 Å². The number of carbonyl (C=O) groups is 2. The van der Waals surface area contributed by atoms with Crippen LogP contribution in [0.5, 0.6) is 5.75 Å². The summed E-state index contributed by atoms with van der Waals surface area (Å²) in [5.74, 6) is -12.0. The Hall–Kier alpha value is -3.78. The zero-order valence-corrected chi connectivity index (χ0v) is 24.3. The maximum atomic E-state index is 14.0. The molecule has 1 fully saturated rings. The number of ketones is 1. The summed E-state index contributed by atoms with van der Waals surface area (Å²) in [6, 6.07) is 3.76. The van der Waals surface area contributed by atoms with E-state index in [0.717, 1.165) is 5.56 Å². The van der Waals surface area contributed by atoms with Gasteiger partial charge in [0.1, 0.15) is 28.6 Å². The van der Waals surface area contributed by atoms with Crippen LogP contribution >= 0.6 is 0 Å². The van der Waals surface area contributed by atoms with Crippen molar-refractivity contribution in [2.75, 3.05) is 27.2 Å². The van der Waals surface area contributed by atoms with E-state index >= 15 is 0 Å². The van der Waals surface area contributed by atoms with Gasteiger partial charge in [-0.3, -0.25) is 19.4 Å². The third-order valence-corrected chi connectivity index (χ3v) is 9.70. The van der Waals surface area contributed by atoms with Gasteiger partial charge in [-0.1, -0.05) is 0 Å². The SMILES string of the molecule is CN(C)[C@@H]1C(O)=C(C(N)=O)C(O)(O)C2C(O)=C3C(=O)c4c(O)ccc(-c5occc5CN5CCC(F)(F)CC5)c4C[C@H]3CC21. The number of carbonyl (C=O) groups excluding carboxylic acids is 2. The molecule has 1 amide bonds. The molecule has 1 aromatic carbocycles. The van der Waals surface area contributed by atoms with Crippen molar-refractivity contribution in [3.8, 4) is 17.1 Å². The Morgan fingerprint density at radius 3 is 2.43 bits per heavy atom. The van der Waals surface area contributed by atoms with Gasteiger partial charge in [0, 0.05) is 49.2 Å². The first-order chi connectivity index (χ1) is 20.6. The van der Waals surface area contributed by atoms with Gasteiger partial charge in [0.15, 0.2) is 5.78 Å². The predicted octanol–water partition coefficient (Wildman–Crippen LogP) is 2.61. The molecule has 2 heterocycles. The van der Waals surface area contributed by atoms with Crippen molar-refractivity contribution >= 4 is 11.7 Å². The zero-order valence-electron chi connectivity index (χ0n) is 24.3. The fourth-order valence-electron chi connectivity index (χ4n) is 7.75. The van der Waals surface area contributed by atoms with Crippen LogP contribution in [0.15, 0.2) is 51.5 Å². The van der Waals surface area contributed by atoms with Crippen molar-refractivity contribution < 1.29 is 48.3 Å². The Labute approximate surface area is 251 Å². The maximum Gasteiger partial charge on any atom is 0.253 e. The normalized spacial score (nSPS) is 28.1. The molecular formula is C31H35F2N3O8. The largest absolute Gasteiger partial charge is 0.511 e. The Kier molecular flexibility index (Phi) is 7.15. The van der Waals surface area contributed by atoms with Gasteiger partial charge in [-0.2, -0.15) is 0 Å². The molecule has 3 aliphatic carbocycles. The number of aromatic hydroxyl groups is 1. The van der Waals surface area contributed by atoms with E-state index in [2.05, 4.69) is 0 Å². The lowest BCUT2D eigenvalue weighted by Crippen LogP contribution is -2.60. The topological polar surface area (TPSA) is 181 Å². The van der Waals surface area contributed by atoms with E-state index in [1.807, 2.05) is 4.90 Å². The highest BCUT2D eigenvalue weighted by molar-refractivity contribution is 6.14. The molecule has 0 radical (unpaired) electrons. The summed E-state index contributed by atoms with van der Waals surface area (Å²) in [6.45, 7) is 0.772. The average Bonchev–Trinajstić information content (AvgIpc) is 3.36. The molecule has 0 bridgehead atoms. The minimum Gasteiger partial charge on any atom is -0.511 e. The van der Waals surface area contributed by atoms with Crippen molar-refractivity contribution in [1.82, 2.24) is 9.80 Å². The molecule has 236 valence electrons. The molecule has 1 aromatic heterocycles. The van der Waals surface area contributed by atoms with Crippen LogP contribution in [0.4, 0.5) is 8.78 Å². The van der Waals surface area contributed by atoms with Gasteiger partial charge in [-0.05, 0) is 62.5 Å². The number of amides is 1. The lowest BCUT2D eigenvalue weighted by Gasteiger charge is -2.51. The van der Waals surface area contributed by atoms with Crippen LogP contribution in [0, 0.1) is 17.8 Å². The molecule has 7 N–H and O–H groups in total. The molecule has 6 rings (SSSR count). The molecule has 4 atom stereocenters. The second-order valence-corrected chi connectivity index (χ2v) is 12.6. The molecule has 4 aliphatic rings. The van der Waals surface area contributed by atoms with E-state index < -0.39 is 64.3 Å². The number of nitrogens with two attached hydrogens (primary N) is 1. The number of halogens is 2. The first-order valence-corrected chi connectivity index (χ1v) is 14.5. The number of likely N-dealkylation sites (tertiary alicyclic amines) is 1. The summed E-state index contributed by atoms with van der Waals surface area (Å²) in [5, 5.41) is 55.7. The van der Waals surface area contributed by atoms with Gasteiger partial charge in [0.05, 0.1) is 23.8 Å². The summed E-state index contributed by atoms with van der Waals surface area (Å²) in [5.41, 5.74) is 6.08. The number of piperidine rings is 1. The number of rotatable bonds is 5. The van der Waals surface area contributed by atoms with E-state index in [1.54, 1.807) is 31.1 Å². The van der Waals surface area contributed by atoms with Crippen LogP contribution in [-0.4, -0.2) is 92.0 Å². The molecule has 13 heteroatoms. The first-order valence-electron chi connectivity index (χ1n) is 14.5. The van der Waals surface area contributed by atoms with Crippen molar-refractivity contribution in [1.29, 1.82) is 0 Å². The number of likely N-dealkylation sites (N-methyl/N-ethyl adjacent to an activating group) is 1. The molecule has 0 spiro atoms. The highest BCUT2D eigenvalue weighted by Crippen LogP contribution is 2.54. The number of phenols is 1. The second-order valence-electron chi connectivity index (χ2n) is 12.6. The molecule has 1 saturated heterocycles. The number of primary amides is 1. The van der Waals surface area contributed by atoms with Crippen molar-refractivity contribution in [3.63, 3.8) is 0 Å². The number of phenolic OH excluding ortho intramolecular Hbond substituents is 1. The van der Waals surface area contributed by atoms with Crippen LogP contribution in [0.2, 0.25) is 0 Å². The third-order valence-electron chi connectivity index (χ3n) is 9.70. The lowest BCUT2D eigenvalue weighted by molar-refractivity contribution is -0.201.